The molecule has 0 spiro atoms. The zero-order valence-electron chi connectivity index (χ0n) is 13.1. The Balaban J connectivity index is 2.30. The van der Waals surface area contributed by atoms with Crippen molar-refractivity contribution in [3.8, 4) is 0 Å². The van der Waals surface area contributed by atoms with Crippen LogP contribution in [0.2, 0.25) is 0 Å². The predicted octanol–water partition coefficient (Wildman–Crippen LogP) is 3.39. The van der Waals surface area contributed by atoms with Crippen LogP contribution >= 0.6 is 11.3 Å². The van der Waals surface area contributed by atoms with Crippen molar-refractivity contribution < 1.29 is 5.11 Å². The topological polar surface area (TPSA) is 70.1 Å². The van der Waals surface area contributed by atoms with Crippen molar-refractivity contribution in [2.75, 3.05) is 17.2 Å². The standard InChI is InChI=1S/C15H24N4OS/c1-5-6-16-15-18-13(17-9(2)7-10(3)20)12-8-11(4)21-14(12)19-15/h8-10,20H,5-7H2,1-4H3,(H2,16,17,18,19). The summed E-state index contributed by atoms with van der Waals surface area (Å²) in [4.78, 5) is 11.4. The van der Waals surface area contributed by atoms with Gasteiger partial charge in [-0.15, -0.1) is 11.3 Å². The third-order valence-electron chi connectivity index (χ3n) is 3.13. The van der Waals surface area contributed by atoms with E-state index in [-0.39, 0.29) is 12.1 Å². The largest absolute Gasteiger partial charge is 0.393 e. The third-order valence-corrected chi connectivity index (χ3v) is 4.07. The molecular weight excluding hydrogens is 284 g/mol. The van der Waals surface area contributed by atoms with Crippen molar-refractivity contribution in [1.29, 1.82) is 0 Å². The van der Waals surface area contributed by atoms with Crippen molar-refractivity contribution in [1.82, 2.24) is 9.97 Å². The molecule has 2 aromatic rings. The first-order valence-corrected chi connectivity index (χ1v) is 8.28. The van der Waals surface area contributed by atoms with E-state index in [9.17, 15) is 5.11 Å². The van der Waals surface area contributed by atoms with Gasteiger partial charge >= 0.3 is 0 Å². The average Bonchev–Trinajstić information content (AvgIpc) is 2.76. The summed E-state index contributed by atoms with van der Waals surface area (Å²) in [5.41, 5.74) is 0. The number of nitrogens with one attached hydrogen (secondary N) is 2. The number of aryl methyl sites for hydroxylation is 1. The molecule has 2 atom stereocenters. The number of hydrogen-bond acceptors (Lipinski definition) is 6. The lowest BCUT2D eigenvalue weighted by molar-refractivity contribution is 0.179. The minimum absolute atomic E-state index is 0.155. The van der Waals surface area contributed by atoms with Gasteiger partial charge in [0.25, 0.3) is 0 Å². The molecule has 0 bridgehead atoms. The number of aliphatic hydroxyl groups is 1. The lowest BCUT2D eigenvalue weighted by Gasteiger charge is -2.17. The van der Waals surface area contributed by atoms with E-state index in [1.54, 1.807) is 18.3 Å². The number of aromatic nitrogens is 2. The fourth-order valence-electron chi connectivity index (χ4n) is 2.27. The molecule has 0 aliphatic carbocycles. The van der Waals surface area contributed by atoms with Crippen molar-refractivity contribution in [3.63, 3.8) is 0 Å². The van der Waals surface area contributed by atoms with E-state index >= 15 is 0 Å². The van der Waals surface area contributed by atoms with Crippen molar-refractivity contribution in [2.24, 2.45) is 0 Å². The zero-order chi connectivity index (χ0) is 15.4. The Bertz CT molecular complexity index is 597. The second-order valence-corrected chi connectivity index (χ2v) is 6.76. The van der Waals surface area contributed by atoms with Gasteiger partial charge in [-0.25, -0.2) is 4.98 Å². The lowest BCUT2D eigenvalue weighted by Crippen LogP contribution is -2.21. The van der Waals surface area contributed by atoms with Gasteiger partial charge in [0, 0.05) is 17.5 Å². The van der Waals surface area contributed by atoms with Crippen molar-refractivity contribution in [2.45, 2.75) is 52.7 Å². The molecule has 2 rings (SSSR count). The molecule has 0 radical (unpaired) electrons. The molecule has 116 valence electrons. The fourth-order valence-corrected chi connectivity index (χ4v) is 3.15. The van der Waals surface area contributed by atoms with E-state index in [0.29, 0.717) is 12.4 Å². The number of aliphatic hydroxyl groups excluding tert-OH is 1. The van der Waals surface area contributed by atoms with Gasteiger partial charge in [-0.3, -0.25) is 0 Å². The first-order valence-electron chi connectivity index (χ1n) is 7.46. The summed E-state index contributed by atoms with van der Waals surface area (Å²) in [6, 6.07) is 2.27. The van der Waals surface area contributed by atoms with Crippen LogP contribution in [0, 0.1) is 6.92 Å². The van der Waals surface area contributed by atoms with Crippen molar-refractivity contribution in [3.05, 3.63) is 10.9 Å². The van der Waals surface area contributed by atoms with Crippen LogP contribution in [0.5, 0.6) is 0 Å². The quantitative estimate of drug-likeness (QED) is 0.731. The molecule has 2 aromatic heterocycles. The highest BCUT2D eigenvalue weighted by Crippen LogP contribution is 2.30. The number of thiophene rings is 1. The summed E-state index contributed by atoms with van der Waals surface area (Å²) in [5.74, 6) is 1.51. The second kappa shape index (κ2) is 7.04. The van der Waals surface area contributed by atoms with Gasteiger partial charge in [0.15, 0.2) is 0 Å². The summed E-state index contributed by atoms with van der Waals surface area (Å²) < 4.78 is 0. The maximum absolute atomic E-state index is 9.51. The first kappa shape index (κ1) is 16.0. The summed E-state index contributed by atoms with van der Waals surface area (Å²) >= 11 is 1.67. The normalized spacial score (nSPS) is 14.1. The van der Waals surface area contributed by atoms with Crippen molar-refractivity contribution >= 4 is 33.3 Å². The second-order valence-electron chi connectivity index (χ2n) is 5.53. The average molecular weight is 308 g/mol. The molecule has 0 aliphatic heterocycles. The van der Waals surface area contributed by atoms with Gasteiger partial charge in [0.1, 0.15) is 10.6 Å². The molecule has 0 aliphatic rings. The molecule has 0 saturated carbocycles. The van der Waals surface area contributed by atoms with E-state index < -0.39 is 0 Å². The molecule has 3 N–H and O–H groups in total. The van der Waals surface area contributed by atoms with Gasteiger partial charge in [-0.05, 0) is 39.7 Å². The maximum atomic E-state index is 9.51. The predicted molar refractivity (Wildman–Crippen MR) is 90.3 cm³/mol. The Morgan fingerprint density at radius 3 is 2.76 bits per heavy atom. The Kier molecular flexibility index (Phi) is 5.36. The SMILES string of the molecule is CCCNc1nc(NC(C)CC(C)O)c2cc(C)sc2n1. The highest BCUT2D eigenvalue weighted by Gasteiger charge is 2.13. The summed E-state index contributed by atoms with van der Waals surface area (Å²) in [7, 11) is 0. The molecule has 0 saturated heterocycles. The van der Waals surface area contributed by atoms with Gasteiger partial charge in [0.2, 0.25) is 5.95 Å². The van der Waals surface area contributed by atoms with Crippen LogP contribution in [0.3, 0.4) is 0 Å². The molecule has 0 amide bonds. The third kappa shape index (κ3) is 4.28. The molecule has 2 heterocycles. The lowest BCUT2D eigenvalue weighted by atomic mass is 10.1. The van der Waals surface area contributed by atoms with Gasteiger partial charge < -0.3 is 15.7 Å². The van der Waals surface area contributed by atoms with Crippen LogP contribution in [-0.2, 0) is 0 Å². The number of fused-ring (bicyclic) bond motifs is 1. The minimum atomic E-state index is -0.327. The fraction of sp³-hybridized carbons (Fsp3) is 0.600. The summed E-state index contributed by atoms with van der Waals surface area (Å²) in [6.45, 7) is 8.91. The van der Waals surface area contributed by atoms with Gasteiger partial charge in [-0.2, -0.15) is 4.98 Å². The van der Waals surface area contributed by atoms with E-state index in [0.717, 1.165) is 29.0 Å². The molecule has 0 fully saturated rings. The highest BCUT2D eigenvalue weighted by molar-refractivity contribution is 7.18. The minimum Gasteiger partial charge on any atom is -0.393 e. The Labute approximate surface area is 129 Å². The summed E-state index contributed by atoms with van der Waals surface area (Å²) in [5, 5.41) is 17.2. The number of rotatable bonds is 7. The van der Waals surface area contributed by atoms with Gasteiger partial charge in [-0.1, -0.05) is 6.92 Å². The molecular formula is C15H24N4OS. The number of nitrogens with zero attached hydrogens (tertiary/aromatic N) is 2. The monoisotopic (exact) mass is 308 g/mol. The number of anilines is 2. The Morgan fingerprint density at radius 1 is 1.33 bits per heavy atom. The zero-order valence-corrected chi connectivity index (χ0v) is 13.9. The molecule has 6 heteroatoms. The molecule has 21 heavy (non-hydrogen) atoms. The van der Waals surface area contributed by atoms with Crippen LogP contribution in [0.4, 0.5) is 11.8 Å². The smallest absolute Gasteiger partial charge is 0.226 e. The van der Waals surface area contributed by atoms with Crippen LogP contribution in [-0.4, -0.2) is 33.8 Å². The molecule has 0 aromatic carbocycles. The van der Waals surface area contributed by atoms with E-state index in [4.69, 9.17) is 0 Å². The molecule has 2 unspecified atom stereocenters. The van der Waals surface area contributed by atoms with Gasteiger partial charge in [0.05, 0.1) is 11.5 Å². The van der Waals surface area contributed by atoms with E-state index in [1.807, 2.05) is 0 Å². The highest BCUT2D eigenvalue weighted by atomic mass is 32.1. The van der Waals surface area contributed by atoms with E-state index in [1.165, 1.54) is 4.88 Å². The number of hydrogen-bond donors (Lipinski definition) is 3. The Hall–Kier alpha value is -1.40. The van der Waals surface area contributed by atoms with Crippen LogP contribution < -0.4 is 10.6 Å². The van der Waals surface area contributed by atoms with E-state index in [2.05, 4.69) is 47.4 Å². The Morgan fingerprint density at radius 2 is 2.10 bits per heavy atom. The van der Waals surface area contributed by atoms with Crippen LogP contribution in [0.1, 0.15) is 38.5 Å². The molecule has 5 nitrogen and oxygen atoms in total. The van der Waals surface area contributed by atoms with Crippen LogP contribution in [0.15, 0.2) is 6.07 Å². The summed E-state index contributed by atoms with van der Waals surface area (Å²) in [6.07, 6.45) is 1.39. The first-order chi connectivity index (χ1) is 9.99. The van der Waals surface area contributed by atoms with Crippen LogP contribution in [0.25, 0.3) is 10.2 Å². The maximum Gasteiger partial charge on any atom is 0.226 e.